The Bertz CT molecular complexity index is 833. The topological polar surface area (TPSA) is 129 Å². The number of ether oxygens (including phenoxy) is 3. The number of rotatable bonds is 18. The van der Waals surface area contributed by atoms with Crippen LogP contribution in [-0.2, 0) is 32.0 Å². The van der Waals surface area contributed by atoms with Crippen molar-refractivity contribution in [3.63, 3.8) is 0 Å². The lowest BCUT2D eigenvalue weighted by Crippen LogP contribution is -2.36. The third-order valence-electron chi connectivity index (χ3n) is 6.16. The number of nitrogens with one attached hydrogen (secondary N) is 3. The normalized spacial score (nSPS) is 21.1. The first-order valence-corrected chi connectivity index (χ1v) is 14.4. The second-order valence-electron chi connectivity index (χ2n) is 10.8. The Hall–Kier alpha value is -1.89. The van der Waals surface area contributed by atoms with E-state index in [0.717, 1.165) is 37.1 Å². The minimum Gasteiger partial charge on any atom is -0.377 e. The summed E-state index contributed by atoms with van der Waals surface area (Å²) in [6.45, 7) is 10.8. The largest absolute Gasteiger partial charge is 0.377 e. The SMILES string of the molecule is CC(C)(C)Cc1cn(CCOCCOCCOCCNC(=O)CCCC[C@@H]2SCC3NC(=O)NC32)nn1. The summed E-state index contributed by atoms with van der Waals surface area (Å²) in [5.74, 6) is 1.03. The number of carbonyl (C=O) groups excluding carboxylic acids is 2. The second-order valence-corrected chi connectivity index (χ2v) is 12.0. The number of hydrogen-bond acceptors (Lipinski definition) is 8. The molecule has 2 aliphatic heterocycles. The molecule has 0 aliphatic carbocycles. The Morgan fingerprint density at radius 3 is 2.59 bits per heavy atom. The Kier molecular flexibility index (Phi) is 12.4. The van der Waals surface area contributed by atoms with Crippen LogP contribution in [-0.4, -0.2) is 96.2 Å². The summed E-state index contributed by atoms with van der Waals surface area (Å²) >= 11 is 1.91. The number of carbonyl (C=O) groups is 2. The number of thioether (sulfide) groups is 1. The molecule has 0 aromatic carbocycles. The molecule has 2 unspecified atom stereocenters. The van der Waals surface area contributed by atoms with E-state index < -0.39 is 0 Å². The lowest BCUT2D eigenvalue weighted by Gasteiger charge is -2.16. The first kappa shape index (κ1) is 29.7. The molecule has 2 fully saturated rings. The number of aromatic nitrogens is 3. The highest BCUT2D eigenvalue weighted by atomic mass is 32.2. The highest BCUT2D eigenvalue weighted by Crippen LogP contribution is 2.33. The molecule has 2 aliphatic rings. The van der Waals surface area contributed by atoms with Crippen molar-refractivity contribution in [1.29, 1.82) is 0 Å². The van der Waals surface area contributed by atoms with Gasteiger partial charge in [-0.15, -0.1) is 5.10 Å². The van der Waals surface area contributed by atoms with Crippen LogP contribution in [0.4, 0.5) is 4.79 Å². The molecule has 37 heavy (non-hydrogen) atoms. The van der Waals surface area contributed by atoms with Gasteiger partial charge in [-0.3, -0.25) is 4.79 Å². The van der Waals surface area contributed by atoms with E-state index >= 15 is 0 Å². The first-order chi connectivity index (χ1) is 17.8. The highest BCUT2D eigenvalue weighted by Gasteiger charge is 2.42. The van der Waals surface area contributed by atoms with Crippen LogP contribution < -0.4 is 16.0 Å². The Morgan fingerprint density at radius 2 is 1.84 bits per heavy atom. The molecule has 3 atom stereocenters. The molecule has 210 valence electrons. The average molecular weight is 541 g/mol. The zero-order chi connectivity index (χ0) is 26.5. The Balaban J connectivity index is 1.05. The van der Waals surface area contributed by atoms with Crippen LogP contribution in [0.2, 0.25) is 0 Å². The Morgan fingerprint density at radius 1 is 1.11 bits per heavy atom. The molecule has 1 aromatic rings. The van der Waals surface area contributed by atoms with Crippen molar-refractivity contribution in [3.05, 3.63) is 11.9 Å². The van der Waals surface area contributed by atoms with Crippen LogP contribution in [0.1, 0.15) is 52.1 Å². The third-order valence-corrected chi connectivity index (χ3v) is 7.66. The minimum atomic E-state index is -0.0528. The van der Waals surface area contributed by atoms with E-state index in [4.69, 9.17) is 14.2 Å². The number of urea groups is 1. The molecule has 2 saturated heterocycles. The first-order valence-electron chi connectivity index (χ1n) is 13.4. The molecule has 0 radical (unpaired) electrons. The van der Waals surface area contributed by atoms with Gasteiger partial charge in [0.05, 0.1) is 64.0 Å². The average Bonchev–Trinajstić information content (AvgIpc) is 3.53. The van der Waals surface area contributed by atoms with Crippen LogP contribution in [0.3, 0.4) is 0 Å². The summed E-state index contributed by atoms with van der Waals surface area (Å²) in [6.07, 6.45) is 6.27. The van der Waals surface area contributed by atoms with Gasteiger partial charge in [0.15, 0.2) is 0 Å². The zero-order valence-electron chi connectivity index (χ0n) is 22.5. The second kappa shape index (κ2) is 15.5. The van der Waals surface area contributed by atoms with Gasteiger partial charge >= 0.3 is 6.03 Å². The summed E-state index contributed by atoms with van der Waals surface area (Å²) in [4.78, 5) is 23.4. The maximum absolute atomic E-state index is 12.0. The molecule has 3 amide bonds. The van der Waals surface area contributed by atoms with Gasteiger partial charge in [-0.25, -0.2) is 9.48 Å². The van der Waals surface area contributed by atoms with Crippen LogP contribution in [0.25, 0.3) is 0 Å². The molecule has 0 spiro atoms. The molecular weight excluding hydrogens is 496 g/mol. The molecule has 3 heterocycles. The van der Waals surface area contributed by atoms with E-state index in [0.29, 0.717) is 64.4 Å². The third kappa shape index (κ3) is 11.6. The van der Waals surface area contributed by atoms with Crippen molar-refractivity contribution in [2.24, 2.45) is 5.41 Å². The molecule has 0 bridgehead atoms. The van der Waals surface area contributed by atoms with Crippen molar-refractivity contribution in [1.82, 2.24) is 30.9 Å². The van der Waals surface area contributed by atoms with Crippen molar-refractivity contribution in [3.8, 4) is 0 Å². The van der Waals surface area contributed by atoms with Crippen molar-refractivity contribution >= 4 is 23.7 Å². The maximum atomic E-state index is 12.0. The predicted molar refractivity (Wildman–Crippen MR) is 143 cm³/mol. The minimum absolute atomic E-state index is 0.0528. The summed E-state index contributed by atoms with van der Waals surface area (Å²) in [7, 11) is 0. The van der Waals surface area contributed by atoms with Crippen LogP contribution >= 0.6 is 11.8 Å². The number of unbranched alkanes of at least 4 members (excludes halogenated alkanes) is 1. The molecule has 11 nitrogen and oxygen atoms in total. The summed E-state index contributed by atoms with van der Waals surface area (Å²) in [5, 5.41) is 17.6. The van der Waals surface area contributed by atoms with Crippen LogP contribution in [0.5, 0.6) is 0 Å². The van der Waals surface area contributed by atoms with E-state index in [-0.39, 0.29) is 29.4 Å². The fourth-order valence-electron chi connectivity index (χ4n) is 4.40. The molecule has 0 saturated carbocycles. The number of nitrogens with zero attached hydrogens (tertiary/aromatic N) is 3. The monoisotopic (exact) mass is 540 g/mol. The fraction of sp³-hybridized carbons (Fsp3) is 0.840. The van der Waals surface area contributed by atoms with Gasteiger partial charge in [0, 0.05) is 30.2 Å². The van der Waals surface area contributed by atoms with E-state index in [1.54, 1.807) is 0 Å². The van der Waals surface area contributed by atoms with Gasteiger partial charge in [-0.05, 0) is 24.7 Å². The van der Waals surface area contributed by atoms with Crippen molar-refractivity contribution < 1.29 is 23.8 Å². The molecule has 3 N–H and O–H groups in total. The van der Waals surface area contributed by atoms with E-state index in [1.807, 2.05) is 22.6 Å². The van der Waals surface area contributed by atoms with Crippen LogP contribution in [0.15, 0.2) is 6.20 Å². The van der Waals surface area contributed by atoms with Gasteiger partial charge in [-0.2, -0.15) is 11.8 Å². The van der Waals surface area contributed by atoms with Crippen LogP contribution in [0, 0.1) is 5.41 Å². The number of hydrogen-bond donors (Lipinski definition) is 3. The standard InChI is InChI=1S/C25H44N6O5S/c1-25(2,3)16-19-17-31(30-29-19)9-11-35-13-15-36-14-12-34-10-8-26-22(32)7-5-4-6-21-23-20(18-37-21)27-24(33)28-23/h17,20-21,23H,4-16,18H2,1-3H3,(H,26,32)(H2,27,28,33)/t20?,21-,23?/m0/s1. The van der Waals surface area contributed by atoms with Gasteiger partial charge < -0.3 is 30.2 Å². The molecule has 1 aromatic heterocycles. The highest BCUT2D eigenvalue weighted by molar-refractivity contribution is 8.00. The van der Waals surface area contributed by atoms with Crippen molar-refractivity contribution in [2.75, 3.05) is 51.9 Å². The van der Waals surface area contributed by atoms with Gasteiger partial charge in [0.2, 0.25) is 5.91 Å². The summed E-state index contributed by atoms with van der Waals surface area (Å²) in [5.41, 5.74) is 1.20. The fourth-order valence-corrected chi connectivity index (χ4v) is 5.94. The lowest BCUT2D eigenvalue weighted by atomic mass is 9.91. The van der Waals surface area contributed by atoms with Gasteiger partial charge in [0.1, 0.15) is 0 Å². The van der Waals surface area contributed by atoms with E-state index in [2.05, 4.69) is 47.0 Å². The summed E-state index contributed by atoms with van der Waals surface area (Å²) < 4.78 is 18.4. The van der Waals surface area contributed by atoms with Gasteiger partial charge in [-0.1, -0.05) is 32.4 Å². The number of fused-ring (bicyclic) bond motifs is 1. The number of amides is 3. The summed E-state index contributed by atoms with van der Waals surface area (Å²) in [6, 6.07) is 0.438. The smallest absolute Gasteiger partial charge is 0.315 e. The van der Waals surface area contributed by atoms with E-state index in [1.165, 1.54) is 0 Å². The predicted octanol–water partition coefficient (Wildman–Crippen LogP) is 1.76. The Labute approximate surface area is 224 Å². The van der Waals surface area contributed by atoms with E-state index in [9.17, 15) is 9.59 Å². The zero-order valence-corrected chi connectivity index (χ0v) is 23.3. The quantitative estimate of drug-likeness (QED) is 0.190. The molecular formula is C25H44N6O5S. The molecule has 3 rings (SSSR count). The van der Waals surface area contributed by atoms with Crippen molar-refractivity contribution in [2.45, 2.75) is 76.8 Å². The van der Waals surface area contributed by atoms with Gasteiger partial charge in [0.25, 0.3) is 0 Å². The maximum Gasteiger partial charge on any atom is 0.315 e. The lowest BCUT2D eigenvalue weighted by molar-refractivity contribution is -0.121. The molecule has 12 heteroatoms.